The molecule has 0 bridgehead atoms. The van der Waals surface area contributed by atoms with Crippen molar-refractivity contribution in [2.24, 2.45) is 0 Å². The van der Waals surface area contributed by atoms with E-state index < -0.39 is 11.9 Å². The Labute approximate surface area is 184 Å². The summed E-state index contributed by atoms with van der Waals surface area (Å²) in [5.41, 5.74) is 4.03. The van der Waals surface area contributed by atoms with Crippen molar-refractivity contribution in [1.29, 1.82) is 0 Å². The van der Waals surface area contributed by atoms with Gasteiger partial charge in [0.25, 0.3) is 0 Å². The predicted molar refractivity (Wildman–Crippen MR) is 122 cm³/mol. The van der Waals surface area contributed by atoms with Gasteiger partial charge in [0.1, 0.15) is 11.3 Å². The van der Waals surface area contributed by atoms with E-state index in [1.165, 1.54) is 7.11 Å². The largest absolute Gasteiger partial charge is 0.490 e. The number of ether oxygens (including phenoxy) is 3. The summed E-state index contributed by atoms with van der Waals surface area (Å²) in [6.07, 6.45) is 2.20. The topological polar surface area (TPSA) is 75.0 Å². The minimum atomic E-state index is -0.584. The number of carbonyl (C=O) groups excluding carboxylic acids is 2. The lowest BCUT2D eigenvalue weighted by molar-refractivity contribution is -0.129. The maximum atomic E-state index is 11.7. The minimum absolute atomic E-state index is 0.256. The molecule has 4 rings (SSSR count). The number of rotatable bonds is 6. The van der Waals surface area contributed by atoms with Gasteiger partial charge in [-0.05, 0) is 48.4 Å². The highest BCUT2D eigenvalue weighted by Crippen LogP contribution is 2.43. The molecule has 0 saturated heterocycles. The van der Waals surface area contributed by atoms with Crippen molar-refractivity contribution >= 4 is 33.9 Å². The summed E-state index contributed by atoms with van der Waals surface area (Å²) in [5.74, 6) is -0.0636. The Morgan fingerprint density at radius 2 is 1.47 bits per heavy atom. The van der Waals surface area contributed by atoms with Crippen LogP contribution in [0.2, 0.25) is 0 Å². The Morgan fingerprint density at radius 3 is 2.12 bits per heavy atom. The monoisotopic (exact) mass is 428 g/mol. The number of hydrogen-bond donors (Lipinski definition) is 0. The zero-order chi connectivity index (χ0) is 22.8. The molecule has 1 aromatic heterocycles. The van der Waals surface area contributed by atoms with Crippen molar-refractivity contribution in [3.8, 4) is 28.4 Å². The molecule has 0 fully saturated rings. The van der Waals surface area contributed by atoms with E-state index in [2.05, 4.69) is 13.2 Å². The smallest absolute Gasteiger partial charge is 0.335 e. The fourth-order valence-electron chi connectivity index (χ4n) is 3.59. The summed E-state index contributed by atoms with van der Waals surface area (Å²) in [6.45, 7) is 8.78. The first-order valence-electron chi connectivity index (χ1n) is 9.78. The molecule has 0 amide bonds. The molecular formula is C26H20O6. The number of aryl methyl sites for hydroxylation is 1. The SMILES string of the molecule is C=CC(=O)Oc1ccc(-c2ccc3c(oc4c(OC)c(OC(=O)C=C)ccc43)c2C)cc1. The first-order chi connectivity index (χ1) is 15.5. The van der Waals surface area contributed by atoms with Crippen molar-refractivity contribution < 1.29 is 28.2 Å². The molecule has 32 heavy (non-hydrogen) atoms. The summed E-state index contributed by atoms with van der Waals surface area (Å²) < 4.78 is 22.1. The molecule has 1 heterocycles. The number of benzene rings is 3. The highest BCUT2D eigenvalue weighted by Gasteiger charge is 2.20. The van der Waals surface area contributed by atoms with Gasteiger partial charge in [-0.25, -0.2) is 9.59 Å². The molecule has 0 spiro atoms. The van der Waals surface area contributed by atoms with Crippen molar-refractivity contribution in [2.75, 3.05) is 7.11 Å². The van der Waals surface area contributed by atoms with Crippen LogP contribution in [0.15, 0.2) is 78.3 Å². The average Bonchev–Trinajstić information content (AvgIpc) is 3.19. The Hall–Kier alpha value is -4.32. The molecule has 6 nitrogen and oxygen atoms in total. The van der Waals surface area contributed by atoms with Crippen LogP contribution in [0, 0.1) is 6.92 Å². The van der Waals surface area contributed by atoms with Gasteiger partial charge in [-0.15, -0.1) is 0 Å². The first kappa shape index (κ1) is 20.9. The van der Waals surface area contributed by atoms with E-state index in [9.17, 15) is 9.59 Å². The average molecular weight is 428 g/mol. The highest BCUT2D eigenvalue weighted by molar-refractivity contribution is 6.10. The Bertz CT molecular complexity index is 1380. The van der Waals surface area contributed by atoms with Gasteiger partial charge in [-0.1, -0.05) is 31.4 Å². The van der Waals surface area contributed by atoms with E-state index >= 15 is 0 Å². The molecule has 0 aliphatic heterocycles. The number of esters is 2. The Morgan fingerprint density at radius 1 is 0.844 bits per heavy atom. The molecule has 0 N–H and O–H groups in total. The lowest BCUT2D eigenvalue weighted by atomic mass is 9.98. The van der Waals surface area contributed by atoms with Gasteiger partial charge < -0.3 is 18.6 Å². The van der Waals surface area contributed by atoms with Crippen LogP contribution in [-0.2, 0) is 9.59 Å². The number of fused-ring (bicyclic) bond motifs is 3. The van der Waals surface area contributed by atoms with Crippen molar-refractivity contribution in [1.82, 2.24) is 0 Å². The van der Waals surface area contributed by atoms with E-state index in [1.54, 1.807) is 18.2 Å². The normalized spacial score (nSPS) is 10.7. The van der Waals surface area contributed by atoms with E-state index in [-0.39, 0.29) is 5.75 Å². The zero-order valence-electron chi connectivity index (χ0n) is 17.6. The summed E-state index contributed by atoms with van der Waals surface area (Å²) in [4.78, 5) is 23.0. The van der Waals surface area contributed by atoms with Crippen LogP contribution in [0.1, 0.15) is 5.56 Å². The first-order valence-corrected chi connectivity index (χ1v) is 9.78. The third kappa shape index (κ3) is 3.63. The van der Waals surface area contributed by atoms with Crippen LogP contribution in [0.5, 0.6) is 17.2 Å². The summed E-state index contributed by atoms with van der Waals surface area (Å²) in [6, 6.07) is 14.7. The van der Waals surface area contributed by atoms with Crippen molar-refractivity contribution in [2.45, 2.75) is 6.92 Å². The van der Waals surface area contributed by atoms with E-state index in [4.69, 9.17) is 18.6 Å². The molecule has 6 heteroatoms. The van der Waals surface area contributed by atoms with Crippen LogP contribution >= 0.6 is 0 Å². The molecule has 0 aliphatic rings. The van der Waals surface area contributed by atoms with Gasteiger partial charge in [-0.3, -0.25) is 0 Å². The number of hydrogen-bond acceptors (Lipinski definition) is 6. The summed E-state index contributed by atoms with van der Waals surface area (Å²) in [5, 5.41) is 1.76. The van der Waals surface area contributed by atoms with Gasteiger partial charge in [0.2, 0.25) is 5.75 Å². The van der Waals surface area contributed by atoms with E-state index in [1.807, 2.05) is 37.3 Å². The maximum Gasteiger partial charge on any atom is 0.335 e. The van der Waals surface area contributed by atoms with Crippen molar-refractivity contribution in [3.05, 3.63) is 79.4 Å². The van der Waals surface area contributed by atoms with Crippen LogP contribution in [0.25, 0.3) is 33.1 Å². The van der Waals surface area contributed by atoms with Gasteiger partial charge in [0.05, 0.1) is 7.11 Å². The molecule has 160 valence electrons. The zero-order valence-corrected chi connectivity index (χ0v) is 17.6. The lowest BCUT2D eigenvalue weighted by Gasteiger charge is -2.08. The molecule has 0 aliphatic carbocycles. The van der Waals surface area contributed by atoms with Crippen molar-refractivity contribution in [3.63, 3.8) is 0 Å². The quantitative estimate of drug-likeness (QED) is 0.221. The molecule has 0 atom stereocenters. The number of methoxy groups -OCH3 is 1. The lowest BCUT2D eigenvalue weighted by Crippen LogP contribution is -2.04. The van der Waals surface area contributed by atoms with Crippen LogP contribution in [-0.4, -0.2) is 19.0 Å². The van der Waals surface area contributed by atoms with Gasteiger partial charge >= 0.3 is 11.9 Å². The van der Waals surface area contributed by atoms with Crippen LogP contribution in [0.4, 0.5) is 0 Å². The predicted octanol–water partition coefficient (Wildman–Crippen LogP) is 5.75. The fraction of sp³-hybridized carbons (Fsp3) is 0.0769. The van der Waals surface area contributed by atoms with Gasteiger partial charge in [0.15, 0.2) is 11.3 Å². The number of furan rings is 1. The molecule has 3 aromatic carbocycles. The third-order valence-corrected chi connectivity index (χ3v) is 5.11. The molecule has 4 aromatic rings. The Kier molecular flexibility index (Phi) is 5.52. The summed E-state index contributed by atoms with van der Waals surface area (Å²) >= 11 is 0. The molecular weight excluding hydrogens is 408 g/mol. The van der Waals surface area contributed by atoms with E-state index in [0.29, 0.717) is 22.7 Å². The van der Waals surface area contributed by atoms with Crippen LogP contribution < -0.4 is 14.2 Å². The fourth-order valence-corrected chi connectivity index (χ4v) is 3.59. The van der Waals surface area contributed by atoms with E-state index in [0.717, 1.165) is 39.6 Å². The van der Waals surface area contributed by atoms with Crippen LogP contribution in [0.3, 0.4) is 0 Å². The van der Waals surface area contributed by atoms with Gasteiger partial charge in [-0.2, -0.15) is 0 Å². The second-order valence-corrected chi connectivity index (χ2v) is 6.97. The third-order valence-electron chi connectivity index (χ3n) is 5.11. The van der Waals surface area contributed by atoms with Gasteiger partial charge in [0, 0.05) is 28.5 Å². The molecule has 0 radical (unpaired) electrons. The standard InChI is InChI=1S/C26H20O6/c1-5-22(27)30-17-9-7-16(8-10-17)18-11-12-19-20-13-14-21(31-23(28)6-2)26(29-4)25(20)32-24(19)15(18)3/h5-14H,1-2H2,3-4H3. The summed E-state index contributed by atoms with van der Waals surface area (Å²) in [7, 11) is 1.49. The second kappa shape index (κ2) is 8.43. The molecule has 0 unspecified atom stereocenters. The maximum absolute atomic E-state index is 11.7. The number of carbonyl (C=O) groups is 2. The highest BCUT2D eigenvalue weighted by atomic mass is 16.6. The molecule has 0 saturated carbocycles. The second-order valence-electron chi connectivity index (χ2n) is 6.97. The Balaban J connectivity index is 1.80. The minimum Gasteiger partial charge on any atom is -0.490 e.